The van der Waals surface area contributed by atoms with Crippen molar-refractivity contribution in [2.75, 3.05) is 13.1 Å². The summed E-state index contributed by atoms with van der Waals surface area (Å²) in [4.78, 5) is 0.0871. The number of hydrogen-bond acceptors (Lipinski definition) is 4. The molecule has 0 amide bonds. The maximum Gasteiger partial charge on any atom is 0.243 e. The third kappa shape index (κ3) is 3.16. The summed E-state index contributed by atoms with van der Waals surface area (Å²) in [5.74, 6) is -0.746. The Morgan fingerprint density at radius 3 is 2.86 bits per heavy atom. The van der Waals surface area contributed by atoms with Gasteiger partial charge in [-0.2, -0.15) is 4.31 Å². The van der Waals surface area contributed by atoms with Crippen molar-refractivity contribution >= 4 is 15.9 Å². The molecular formula is C13H18FN3O3S. The summed E-state index contributed by atoms with van der Waals surface area (Å²) in [7, 11) is -3.71. The fraction of sp³-hybridized carbons (Fsp3) is 0.462. The number of oxime groups is 1. The van der Waals surface area contributed by atoms with E-state index >= 15 is 0 Å². The molecule has 1 aliphatic heterocycles. The highest BCUT2D eigenvalue weighted by Crippen LogP contribution is 2.26. The van der Waals surface area contributed by atoms with Crippen LogP contribution in [-0.2, 0) is 10.0 Å². The molecule has 1 fully saturated rings. The fourth-order valence-corrected chi connectivity index (χ4v) is 4.25. The van der Waals surface area contributed by atoms with Gasteiger partial charge in [0.25, 0.3) is 0 Å². The maximum absolute atomic E-state index is 13.1. The van der Waals surface area contributed by atoms with Gasteiger partial charge in [-0.3, -0.25) is 0 Å². The first kappa shape index (κ1) is 15.7. The van der Waals surface area contributed by atoms with E-state index in [4.69, 9.17) is 10.9 Å². The molecule has 1 aromatic rings. The summed E-state index contributed by atoms with van der Waals surface area (Å²) >= 11 is 0. The summed E-state index contributed by atoms with van der Waals surface area (Å²) in [6.07, 6.45) is 1.30. The number of nitrogens with two attached hydrogens (primary N) is 1. The lowest BCUT2D eigenvalue weighted by molar-refractivity contribution is 0.287. The molecule has 0 saturated carbocycles. The van der Waals surface area contributed by atoms with Crippen LogP contribution in [-0.4, -0.2) is 36.9 Å². The quantitative estimate of drug-likeness (QED) is 0.380. The van der Waals surface area contributed by atoms with Crippen LogP contribution in [0, 0.1) is 18.7 Å². The fourth-order valence-electron chi connectivity index (χ4n) is 2.53. The van der Waals surface area contributed by atoms with Crippen LogP contribution >= 0.6 is 0 Å². The summed E-state index contributed by atoms with van der Waals surface area (Å²) in [6, 6.07) is 3.59. The van der Waals surface area contributed by atoms with Crippen molar-refractivity contribution in [3.63, 3.8) is 0 Å². The van der Waals surface area contributed by atoms with E-state index in [0.29, 0.717) is 24.9 Å². The molecule has 0 radical (unpaired) electrons. The monoisotopic (exact) mass is 315 g/mol. The molecule has 1 unspecified atom stereocenters. The van der Waals surface area contributed by atoms with Gasteiger partial charge in [-0.15, -0.1) is 0 Å². The van der Waals surface area contributed by atoms with Crippen LogP contribution in [0.5, 0.6) is 0 Å². The van der Waals surface area contributed by atoms with E-state index in [0.717, 1.165) is 6.07 Å². The molecule has 2 rings (SSSR count). The van der Waals surface area contributed by atoms with Gasteiger partial charge in [-0.1, -0.05) is 5.16 Å². The summed E-state index contributed by atoms with van der Waals surface area (Å²) in [6.45, 7) is 2.09. The molecule has 0 aliphatic carbocycles. The average molecular weight is 315 g/mol. The molecule has 0 aromatic heterocycles. The third-order valence-electron chi connectivity index (χ3n) is 3.67. The predicted molar refractivity (Wildman–Crippen MR) is 76.0 cm³/mol. The third-order valence-corrected chi connectivity index (χ3v) is 5.70. The Labute approximate surface area is 123 Å². The van der Waals surface area contributed by atoms with Crippen molar-refractivity contribution in [2.24, 2.45) is 16.8 Å². The van der Waals surface area contributed by atoms with E-state index in [1.807, 2.05) is 0 Å². The Kier molecular flexibility index (Phi) is 4.48. The molecule has 21 heavy (non-hydrogen) atoms. The normalized spacial score (nSPS) is 21.4. The Bertz CT molecular complexity index is 661. The molecule has 116 valence electrons. The number of halogens is 1. The number of piperidine rings is 1. The van der Waals surface area contributed by atoms with Crippen LogP contribution in [0.1, 0.15) is 18.4 Å². The maximum atomic E-state index is 13.1. The second kappa shape index (κ2) is 5.98. The van der Waals surface area contributed by atoms with Gasteiger partial charge in [0, 0.05) is 19.0 Å². The van der Waals surface area contributed by atoms with E-state index in [2.05, 4.69) is 5.16 Å². The molecule has 1 saturated heterocycles. The number of hydrogen-bond donors (Lipinski definition) is 2. The molecule has 1 heterocycles. The van der Waals surface area contributed by atoms with Gasteiger partial charge in [-0.25, -0.2) is 12.8 Å². The minimum Gasteiger partial charge on any atom is -0.409 e. The van der Waals surface area contributed by atoms with Gasteiger partial charge in [-0.05, 0) is 43.5 Å². The average Bonchev–Trinajstić information content (AvgIpc) is 2.46. The van der Waals surface area contributed by atoms with Gasteiger partial charge in [0.05, 0.1) is 4.90 Å². The van der Waals surface area contributed by atoms with Crippen molar-refractivity contribution in [3.8, 4) is 0 Å². The van der Waals surface area contributed by atoms with Crippen LogP contribution in [0.2, 0.25) is 0 Å². The highest BCUT2D eigenvalue weighted by atomic mass is 32.2. The first-order valence-electron chi connectivity index (χ1n) is 6.60. The lowest BCUT2D eigenvalue weighted by Gasteiger charge is -2.31. The van der Waals surface area contributed by atoms with E-state index in [1.165, 1.54) is 16.4 Å². The zero-order valence-electron chi connectivity index (χ0n) is 11.7. The number of aryl methyl sites for hydroxylation is 1. The van der Waals surface area contributed by atoms with E-state index in [1.54, 1.807) is 6.92 Å². The second-order valence-electron chi connectivity index (χ2n) is 5.14. The summed E-state index contributed by atoms with van der Waals surface area (Å²) in [5.41, 5.74) is 5.93. The minimum absolute atomic E-state index is 0.0331. The summed E-state index contributed by atoms with van der Waals surface area (Å²) in [5, 5.41) is 11.7. The van der Waals surface area contributed by atoms with Gasteiger partial charge in [0.1, 0.15) is 11.7 Å². The minimum atomic E-state index is -3.71. The van der Waals surface area contributed by atoms with Crippen molar-refractivity contribution in [2.45, 2.75) is 24.7 Å². The van der Waals surface area contributed by atoms with E-state index in [-0.39, 0.29) is 23.2 Å². The zero-order chi connectivity index (χ0) is 15.6. The molecular weight excluding hydrogens is 297 g/mol. The largest absolute Gasteiger partial charge is 0.409 e. The standard InChI is InChI=1S/C13H18FN3O3S/c1-9-7-11(14)4-5-12(9)21(19,20)17-6-2-3-10(8-17)13(15)16-18/h4-5,7,10,18H,2-3,6,8H2,1H3,(H2,15,16). The molecule has 0 spiro atoms. The SMILES string of the molecule is Cc1cc(F)ccc1S(=O)(=O)N1CCCC(C(N)=NO)C1. The summed E-state index contributed by atoms with van der Waals surface area (Å²) < 4.78 is 39.7. The van der Waals surface area contributed by atoms with Crippen LogP contribution in [0.15, 0.2) is 28.3 Å². The number of amidine groups is 1. The molecule has 0 bridgehead atoms. The molecule has 8 heteroatoms. The van der Waals surface area contributed by atoms with Crippen LogP contribution in [0.4, 0.5) is 4.39 Å². The zero-order valence-corrected chi connectivity index (χ0v) is 12.5. The van der Waals surface area contributed by atoms with Gasteiger partial charge in [0.2, 0.25) is 10.0 Å². The van der Waals surface area contributed by atoms with Crippen LogP contribution < -0.4 is 5.73 Å². The van der Waals surface area contributed by atoms with Crippen molar-refractivity contribution in [1.29, 1.82) is 0 Å². The first-order valence-corrected chi connectivity index (χ1v) is 8.04. The van der Waals surface area contributed by atoms with Crippen molar-refractivity contribution < 1.29 is 18.0 Å². The second-order valence-corrected chi connectivity index (χ2v) is 7.04. The number of sulfonamides is 1. The van der Waals surface area contributed by atoms with Crippen molar-refractivity contribution in [1.82, 2.24) is 4.31 Å². The molecule has 1 aliphatic rings. The van der Waals surface area contributed by atoms with Gasteiger partial charge in [0.15, 0.2) is 0 Å². The Hall–Kier alpha value is -1.67. The van der Waals surface area contributed by atoms with E-state index < -0.39 is 15.8 Å². The predicted octanol–water partition coefficient (Wildman–Crippen LogP) is 1.28. The van der Waals surface area contributed by atoms with Crippen LogP contribution in [0.3, 0.4) is 0 Å². The smallest absolute Gasteiger partial charge is 0.243 e. The Balaban J connectivity index is 2.31. The molecule has 6 nitrogen and oxygen atoms in total. The van der Waals surface area contributed by atoms with E-state index in [9.17, 15) is 12.8 Å². The molecule has 1 aromatic carbocycles. The Morgan fingerprint density at radius 2 is 2.24 bits per heavy atom. The molecule has 1 atom stereocenters. The molecule has 3 N–H and O–H groups in total. The highest BCUT2D eigenvalue weighted by molar-refractivity contribution is 7.89. The van der Waals surface area contributed by atoms with Gasteiger partial charge < -0.3 is 10.9 Å². The first-order chi connectivity index (χ1) is 9.86. The number of benzene rings is 1. The van der Waals surface area contributed by atoms with Gasteiger partial charge >= 0.3 is 0 Å². The van der Waals surface area contributed by atoms with Crippen molar-refractivity contribution in [3.05, 3.63) is 29.6 Å². The number of nitrogens with zero attached hydrogens (tertiary/aromatic N) is 2. The van der Waals surface area contributed by atoms with Crippen LogP contribution in [0.25, 0.3) is 0 Å². The lowest BCUT2D eigenvalue weighted by Crippen LogP contribution is -2.44. The topological polar surface area (TPSA) is 96.0 Å². The highest BCUT2D eigenvalue weighted by Gasteiger charge is 2.32. The Morgan fingerprint density at radius 1 is 1.52 bits per heavy atom. The number of rotatable bonds is 3. The lowest BCUT2D eigenvalue weighted by atomic mass is 9.99.